The second-order valence-corrected chi connectivity index (χ2v) is 8.46. The molecule has 1 aliphatic heterocycles. The number of rotatable bonds is 5. The van der Waals surface area contributed by atoms with E-state index in [9.17, 15) is 4.79 Å². The van der Waals surface area contributed by atoms with Crippen molar-refractivity contribution in [2.75, 3.05) is 36.4 Å². The average molecular weight is 433 g/mol. The first-order valence-electron chi connectivity index (χ1n) is 10.2. The molecule has 7 nitrogen and oxygen atoms in total. The zero-order valence-corrected chi connectivity index (χ0v) is 18.4. The van der Waals surface area contributed by atoms with Crippen molar-refractivity contribution in [3.8, 4) is 17.3 Å². The van der Waals surface area contributed by atoms with Gasteiger partial charge in [0.25, 0.3) is 0 Å². The van der Waals surface area contributed by atoms with Gasteiger partial charge in [-0.3, -0.25) is 9.69 Å². The minimum Gasteiger partial charge on any atom is -0.354 e. The molecular formula is C23H24N6OS. The van der Waals surface area contributed by atoms with Crippen molar-refractivity contribution in [3.63, 3.8) is 0 Å². The highest BCUT2D eigenvalue weighted by Crippen LogP contribution is 2.25. The van der Waals surface area contributed by atoms with Crippen molar-refractivity contribution in [2.45, 2.75) is 19.9 Å². The SMILES string of the molecule is Cc1ccc(-c2csc(NC(=O)C(C)N3CCN(c4cc(C#N)ccn4)CC3)n2)cc1. The number of benzene rings is 1. The third-order valence-corrected chi connectivity index (χ3v) is 6.28. The summed E-state index contributed by atoms with van der Waals surface area (Å²) in [7, 11) is 0. The molecule has 1 aliphatic rings. The van der Waals surface area contributed by atoms with Crippen LogP contribution in [0.25, 0.3) is 11.3 Å². The third-order valence-electron chi connectivity index (χ3n) is 5.52. The minimum absolute atomic E-state index is 0.0529. The highest BCUT2D eigenvalue weighted by Gasteiger charge is 2.26. The first-order valence-corrected chi connectivity index (χ1v) is 11.1. The normalized spacial score (nSPS) is 15.3. The molecule has 0 bridgehead atoms. The molecule has 1 atom stereocenters. The summed E-state index contributed by atoms with van der Waals surface area (Å²) < 4.78 is 0. The van der Waals surface area contributed by atoms with Gasteiger partial charge >= 0.3 is 0 Å². The minimum atomic E-state index is -0.257. The predicted octanol–water partition coefficient (Wildman–Crippen LogP) is 3.53. The maximum atomic E-state index is 12.8. The Kier molecular flexibility index (Phi) is 6.26. The maximum Gasteiger partial charge on any atom is 0.243 e. The monoisotopic (exact) mass is 432 g/mol. The van der Waals surface area contributed by atoms with Crippen molar-refractivity contribution in [3.05, 3.63) is 59.1 Å². The van der Waals surface area contributed by atoms with Crippen LogP contribution < -0.4 is 10.2 Å². The van der Waals surface area contributed by atoms with Crippen molar-refractivity contribution >= 4 is 28.2 Å². The van der Waals surface area contributed by atoms with Crippen LogP contribution in [0.5, 0.6) is 0 Å². The lowest BCUT2D eigenvalue weighted by atomic mass is 10.1. The fraction of sp³-hybridized carbons (Fsp3) is 0.304. The van der Waals surface area contributed by atoms with Gasteiger partial charge in [0.05, 0.1) is 23.4 Å². The van der Waals surface area contributed by atoms with E-state index in [0.29, 0.717) is 10.7 Å². The molecular weight excluding hydrogens is 408 g/mol. The number of hydrogen-bond acceptors (Lipinski definition) is 7. The van der Waals surface area contributed by atoms with Crippen LogP contribution in [0.15, 0.2) is 48.0 Å². The van der Waals surface area contributed by atoms with Crippen molar-refractivity contribution in [1.82, 2.24) is 14.9 Å². The van der Waals surface area contributed by atoms with Crippen LogP contribution in [0.2, 0.25) is 0 Å². The lowest BCUT2D eigenvalue weighted by molar-refractivity contribution is -0.120. The molecule has 0 spiro atoms. The summed E-state index contributed by atoms with van der Waals surface area (Å²) in [5.41, 5.74) is 3.72. The number of carbonyl (C=O) groups is 1. The Morgan fingerprint density at radius 2 is 1.94 bits per heavy atom. The fourth-order valence-electron chi connectivity index (χ4n) is 3.56. The van der Waals surface area contributed by atoms with Crippen LogP contribution in [0, 0.1) is 18.3 Å². The second-order valence-electron chi connectivity index (χ2n) is 7.61. The van der Waals surface area contributed by atoms with Gasteiger partial charge in [-0.15, -0.1) is 11.3 Å². The lowest BCUT2D eigenvalue weighted by Gasteiger charge is -2.37. The van der Waals surface area contributed by atoms with Crippen LogP contribution in [0.1, 0.15) is 18.1 Å². The van der Waals surface area contributed by atoms with Gasteiger partial charge in [0.15, 0.2) is 5.13 Å². The van der Waals surface area contributed by atoms with E-state index in [1.807, 2.05) is 24.4 Å². The Labute approximate surface area is 186 Å². The number of piperazine rings is 1. The number of aryl methyl sites for hydroxylation is 1. The molecule has 1 saturated heterocycles. The van der Waals surface area contributed by atoms with E-state index in [4.69, 9.17) is 5.26 Å². The van der Waals surface area contributed by atoms with E-state index in [1.54, 1.807) is 18.3 Å². The number of nitriles is 1. The predicted molar refractivity (Wildman–Crippen MR) is 123 cm³/mol. The summed E-state index contributed by atoms with van der Waals surface area (Å²) in [5, 5.41) is 14.6. The van der Waals surface area contributed by atoms with Gasteiger partial charge in [0, 0.05) is 43.3 Å². The summed E-state index contributed by atoms with van der Waals surface area (Å²) in [6, 6.07) is 13.6. The molecule has 158 valence electrons. The lowest BCUT2D eigenvalue weighted by Crippen LogP contribution is -2.53. The van der Waals surface area contributed by atoms with Crippen molar-refractivity contribution in [2.24, 2.45) is 0 Å². The Morgan fingerprint density at radius 1 is 1.19 bits per heavy atom. The molecule has 2 aromatic heterocycles. The summed E-state index contributed by atoms with van der Waals surface area (Å²) in [4.78, 5) is 26.0. The van der Waals surface area contributed by atoms with E-state index in [0.717, 1.165) is 43.3 Å². The molecule has 8 heteroatoms. The van der Waals surface area contributed by atoms with Gasteiger partial charge in [-0.2, -0.15) is 5.26 Å². The highest BCUT2D eigenvalue weighted by molar-refractivity contribution is 7.14. The molecule has 3 heterocycles. The largest absolute Gasteiger partial charge is 0.354 e. The van der Waals surface area contributed by atoms with Crippen LogP contribution in [-0.2, 0) is 4.79 Å². The summed E-state index contributed by atoms with van der Waals surface area (Å²) in [6.07, 6.45) is 1.66. The Hall–Kier alpha value is -3.28. The zero-order chi connectivity index (χ0) is 21.8. The topological polar surface area (TPSA) is 85.2 Å². The fourth-order valence-corrected chi connectivity index (χ4v) is 4.29. The van der Waals surface area contributed by atoms with E-state index in [2.05, 4.69) is 50.2 Å². The molecule has 0 saturated carbocycles. The Balaban J connectivity index is 1.33. The molecule has 4 rings (SSSR count). The van der Waals surface area contributed by atoms with Crippen molar-refractivity contribution in [1.29, 1.82) is 5.26 Å². The average Bonchev–Trinajstić information content (AvgIpc) is 3.27. The standard InChI is InChI=1S/C23H24N6OS/c1-16-3-5-19(6-4-16)20-15-31-23(26-20)27-22(30)17(2)28-9-11-29(12-10-28)21-13-18(14-24)7-8-25-21/h3-8,13,15,17H,9-12H2,1-2H3,(H,26,27,30). The Morgan fingerprint density at radius 3 is 2.65 bits per heavy atom. The van der Waals surface area contributed by atoms with Crippen molar-refractivity contribution < 1.29 is 4.79 Å². The molecule has 1 aromatic carbocycles. The first kappa shape index (κ1) is 21.0. The molecule has 1 unspecified atom stereocenters. The summed E-state index contributed by atoms with van der Waals surface area (Å²) in [5.74, 6) is 0.755. The molecule has 0 radical (unpaired) electrons. The number of anilines is 2. The molecule has 1 N–H and O–H groups in total. The quantitative estimate of drug-likeness (QED) is 0.664. The van der Waals surface area contributed by atoms with Crippen LogP contribution in [0.4, 0.5) is 10.9 Å². The number of nitrogens with zero attached hydrogens (tertiary/aromatic N) is 5. The van der Waals surface area contributed by atoms with E-state index in [1.165, 1.54) is 16.9 Å². The second kappa shape index (κ2) is 9.25. The maximum absolute atomic E-state index is 12.8. The molecule has 3 aromatic rings. The van der Waals surface area contributed by atoms with E-state index >= 15 is 0 Å². The van der Waals surface area contributed by atoms with Gasteiger partial charge in [-0.25, -0.2) is 9.97 Å². The molecule has 31 heavy (non-hydrogen) atoms. The summed E-state index contributed by atoms with van der Waals surface area (Å²) in [6.45, 7) is 6.99. The number of aromatic nitrogens is 2. The number of amides is 1. The van der Waals surface area contributed by atoms with Crippen LogP contribution in [-0.4, -0.2) is 53.0 Å². The van der Waals surface area contributed by atoms with Gasteiger partial charge in [0.2, 0.25) is 5.91 Å². The number of pyridine rings is 1. The highest BCUT2D eigenvalue weighted by atomic mass is 32.1. The number of hydrogen-bond donors (Lipinski definition) is 1. The van der Waals surface area contributed by atoms with Gasteiger partial charge in [-0.05, 0) is 26.0 Å². The summed E-state index contributed by atoms with van der Waals surface area (Å²) >= 11 is 1.44. The van der Waals surface area contributed by atoms with Gasteiger partial charge in [0.1, 0.15) is 5.82 Å². The first-order chi connectivity index (χ1) is 15.0. The number of nitrogens with one attached hydrogen (secondary N) is 1. The third kappa shape index (κ3) is 4.90. The van der Waals surface area contributed by atoms with Crippen LogP contribution >= 0.6 is 11.3 Å². The number of carbonyl (C=O) groups excluding carboxylic acids is 1. The Bertz CT molecular complexity index is 1100. The molecule has 1 fully saturated rings. The zero-order valence-electron chi connectivity index (χ0n) is 17.6. The number of thiazole rings is 1. The smallest absolute Gasteiger partial charge is 0.243 e. The molecule has 1 amide bonds. The van der Waals surface area contributed by atoms with Gasteiger partial charge in [-0.1, -0.05) is 29.8 Å². The van der Waals surface area contributed by atoms with Gasteiger partial charge < -0.3 is 10.2 Å². The van der Waals surface area contributed by atoms with E-state index in [-0.39, 0.29) is 11.9 Å². The van der Waals surface area contributed by atoms with E-state index < -0.39 is 0 Å². The van der Waals surface area contributed by atoms with Crippen LogP contribution in [0.3, 0.4) is 0 Å². The molecule has 0 aliphatic carbocycles.